The summed E-state index contributed by atoms with van der Waals surface area (Å²) in [5, 5.41) is 4.05. The number of benzene rings is 2. The van der Waals surface area contributed by atoms with Crippen molar-refractivity contribution in [3.05, 3.63) is 59.3 Å². The van der Waals surface area contributed by atoms with Crippen molar-refractivity contribution < 1.29 is 19.1 Å². The van der Waals surface area contributed by atoms with Crippen LogP contribution in [0.1, 0.15) is 28.0 Å². The van der Waals surface area contributed by atoms with Crippen molar-refractivity contribution in [2.75, 3.05) is 19.5 Å². The Balaban J connectivity index is 1.54. The third kappa shape index (κ3) is 3.33. The lowest BCUT2D eigenvalue weighted by atomic mass is 9.85. The molecule has 1 heterocycles. The number of ether oxygens (including phenoxy) is 2. The third-order valence-electron chi connectivity index (χ3n) is 5.32. The maximum absolute atomic E-state index is 12.8. The first-order valence-electron chi connectivity index (χ1n) is 9.25. The van der Waals surface area contributed by atoms with Gasteiger partial charge in [-0.25, -0.2) is 4.79 Å². The summed E-state index contributed by atoms with van der Waals surface area (Å²) in [7, 11) is 2.99. The van der Waals surface area contributed by atoms with E-state index in [-0.39, 0.29) is 11.8 Å². The van der Waals surface area contributed by atoms with Crippen molar-refractivity contribution in [1.82, 2.24) is 4.98 Å². The van der Waals surface area contributed by atoms with E-state index in [0.29, 0.717) is 17.7 Å². The van der Waals surface area contributed by atoms with E-state index in [1.807, 2.05) is 18.2 Å². The summed E-state index contributed by atoms with van der Waals surface area (Å²) < 4.78 is 10.1. The molecule has 0 saturated carbocycles. The van der Waals surface area contributed by atoms with Crippen LogP contribution in [-0.2, 0) is 22.4 Å². The molecule has 1 aliphatic carbocycles. The van der Waals surface area contributed by atoms with Gasteiger partial charge in [-0.2, -0.15) is 0 Å². The summed E-state index contributed by atoms with van der Waals surface area (Å²) in [5.41, 5.74) is 4.45. The SMILES string of the molecule is COC(=O)c1cccc(NC(=O)C2CCc3[nH]c4ccc(OC)cc4c3C2)c1. The molecule has 0 radical (unpaired) electrons. The number of aromatic amines is 1. The van der Waals surface area contributed by atoms with Gasteiger partial charge in [0.05, 0.1) is 19.8 Å². The minimum absolute atomic E-state index is 0.0371. The van der Waals surface area contributed by atoms with Crippen molar-refractivity contribution in [2.45, 2.75) is 19.3 Å². The smallest absolute Gasteiger partial charge is 0.337 e. The number of nitrogens with one attached hydrogen (secondary N) is 2. The van der Waals surface area contributed by atoms with Gasteiger partial charge in [-0.05, 0) is 61.2 Å². The van der Waals surface area contributed by atoms with Crippen LogP contribution in [0.15, 0.2) is 42.5 Å². The maximum Gasteiger partial charge on any atom is 0.337 e. The van der Waals surface area contributed by atoms with Crippen molar-refractivity contribution >= 4 is 28.5 Å². The number of rotatable bonds is 4. The Morgan fingerprint density at radius 1 is 1.14 bits per heavy atom. The highest BCUT2D eigenvalue weighted by molar-refractivity contribution is 5.96. The Kier molecular flexibility index (Phi) is 4.77. The van der Waals surface area contributed by atoms with Gasteiger partial charge in [-0.1, -0.05) is 6.07 Å². The van der Waals surface area contributed by atoms with Crippen LogP contribution in [0, 0.1) is 5.92 Å². The fraction of sp³-hybridized carbons (Fsp3) is 0.273. The molecule has 6 nitrogen and oxygen atoms in total. The standard InChI is InChI=1S/C22H22N2O4/c1-27-16-7-9-20-18(12-16)17-11-13(6-8-19(17)24-20)21(25)23-15-5-3-4-14(10-15)22(26)28-2/h3-5,7,9-10,12-13,24H,6,8,11H2,1-2H3,(H,23,25). The van der Waals surface area contributed by atoms with Crippen molar-refractivity contribution in [1.29, 1.82) is 0 Å². The summed E-state index contributed by atoms with van der Waals surface area (Å²) in [6.07, 6.45) is 2.27. The number of esters is 1. The summed E-state index contributed by atoms with van der Waals surface area (Å²) in [6, 6.07) is 12.8. The number of amides is 1. The van der Waals surface area contributed by atoms with Crippen LogP contribution in [0.25, 0.3) is 10.9 Å². The zero-order valence-electron chi connectivity index (χ0n) is 15.9. The van der Waals surface area contributed by atoms with Gasteiger partial charge < -0.3 is 19.8 Å². The van der Waals surface area contributed by atoms with Gasteiger partial charge in [0.15, 0.2) is 0 Å². The second kappa shape index (κ2) is 7.38. The van der Waals surface area contributed by atoms with Gasteiger partial charge in [-0.3, -0.25) is 4.79 Å². The van der Waals surface area contributed by atoms with Crippen LogP contribution in [0.4, 0.5) is 5.69 Å². The van der Waals surface area contributed by atoms with Crippen LogP contribution < -0.4 is 10.1 Å². The molecule has 144 valence electrons. The Morgan fingerprint density at radius 2 is 2.00 bits per heavy atom. The average molecular weight is 378 g/mol. The molecule has 0 spiro atoms. The van der Waals surface area contributed by atoms with Crippen LogP contribution in [-0.4, -0.2) is 31.1 Å². The zero-order valence-corrected chi connectivity index (χ0v) is 15.9. The highest BCUT2D eigenvalue weighted by Crippen LogP contribution is 2.34. The van der Waals surface area contributed by atoms with Crippen LogP contribution in [0.2, 0.25) is 0 Å². The molecule has 28 heavy (non-hydrogen) atoms. The number of carbonyl (C=O) groups is 2. The normalized spacial score (nSPS) is 15.7. The number of hydrogen-bond donors (Lipinski definition) is 2. The van der Waals surface area contributed by atoms with Gasteiger partial charge in [0.2, 0.25) is 5.91 Å². The number of methoxy groups -OCH3 is 2. The molecule has 0 saturated heterocycles. The van der Waals surface area contributed by atoms with E-state index in [1.54, 1.807) is 31.4 Å². The Hall–Kier alpha value is -3.28. The van der Waals surface area contributed by atoms with Crippen LogP contribution in [0.3, 0.4) is 0 Å². The molecule has 3 aromatic rings. The zero-order chi connectivity index (χ0) is 19.7. The largest absolute Gasteiger partial charge is 0.497 e. The molecule has 1 atom stereocenters. The number of aromatic nitrogens is 1. The monoisotopic (exact) mass is 378 g/mol. The first-order chi connectivity index (χ1) is 13.6. The quantitative estimate of drug-likeness (QED) is 0.678. The van der Waals surface area contributed by atoms with E-state index >= 15 is 0 Å². The van der Waals surface area contributed by atoms with Gasteiger partial charge in [0.25, 0.3) is 0 Å². The summed E-state index contributed by atoms with van der Waals surface area (Å²) >= 11 is 0. The van der Waals surface area contributed by atoms with Gasteiger partial charge in [-0.15, -0.1) is 0 Å². The minimum atomic E-state index is -0.425. The van der Waals surface area contributed by atoms with Crippen LogP contribution in [0.5, 0.6) is 5.75 Å². The summed E-state index contributed by atoms with van der Waals surface area (Å²) in [4.78, 5) is 28.0. The maximum atomic E-state index is 12.8. The van der Waals surface area contributed by atoms with E-state index in [9.17, 15) is 9.59 Å². The molecule has 0 fully saturated rings. The molecule has 1 unspecified atom stereocenters. The summed E-state index contributed by atoms with van der Waals surface area (Å²) in [6.45, 7) is 0. The van der Waals surface area contributed by atoms with E-state index in [2.05, 4.69) is 10.3 Å². The molecule has 0 bridgehead atoms. The molecule has 0 aliphatic heterocycles. The summed E-state index contributed by atoms with van der Waals surface area (Å²) in [5.74, 6) is 0.219. The first kappa shape index (κ1) is 18.1. The molecule has 2 aromatic carbocycles. The molecular formula is C22H22N2O4. The predicted octanol–water partition coefficient (Wildman–Crippen LogP) is 3.71. The number of H-pyrrole nitrogens is 1. The topological polar surface area (TPSA) is 80.4 Å². The lowest BCUT2D eigenvalue weighted by Crippen LogP contribution is -2.28. The van der Waals surface area contributed by atoms with E-state index < -0.39 is 5.97 Å². The van der Waals surface area contributed by atoms with Gasteiger partial charge in [0.1, 0.15) is 5.75 Å². The number of aryl methyl sites for hydroxylation is 1. The first-order valence-corrected chi connectivity index (χ1v) is 9.25. The van der Waals surface area contributed by atoms with Gasteiger partial charge >= 0.3 is 5.97 Å². The highest BCUT2D eigenvalue weighted by Gasteiger charge is 2.27. The number of hydrogen-bond acceptors (Lipinski definition) is 4. The highest BCUT2D eigenvalue weighted by atomic mass is 16.5. The Morgan fingerprint density at radius 3 is 2.79 bits per heavy atom. The third-order valence-corrected chi connectivity index (χ3v) is 5.32. The number of carbonyl (C=O) groups excluding carboxylic acids is 2. The van der Waals surface area contributed by atoms with E-state index in [4.69, 9.17) is 9.47 Å². The second-order valence-corrected chi connectivity index (χ2v) is 6.99. The molecule has 2 N–H and O–H groups in total. The fourth-order valence-electron chi connectivity index (χ4n) is 3.83. The van der Waals surface area contributed by atoms with Gasteiger partial charge in [0, 0.05) is 28.2 Å². The molecule has 1 aromatic heterocycles. The lowest BCUT2D eigenvalue weighted by molar-refractivity contribution is -0.120. The Bertz CT molecular complexity index is 1050. The average Bonchev–Trinajstić information content (AvgIpc) is 3.10. The molecule has 1 amide bonds. The molecule has 4 rings (SSSR count). The molecule has 6 heteroatoms. The molecular weight excluding hydrogens is 356 g/mol. The fourth-order valence-corrected chi connectivity index (χ4v) is 3.83. The number of fused-ring (bicyclic) bond motifs is 3. The van der Waals surface area contributed by atoms with E-state index in [1.165, 1.54) is 18.4 Å². The van der Waals surface area contributed by atoms with Crippen molar-refractivity contribution in [3.8, 4) is 5.75 Å². The second-order valence-electron chi connectivity index (χ2n) is 6.99. The van der Waals surface area contributed by atoms with Crippen molar-refractivity contribution in [2.24, 2.45) is 5.92 Å². The molecule has 1 aliphatic rings. The Labute approximate surface area is 162 Å². The lowest BCUT2D eigenvalue weighted by Gasteiger charge is -2.22. The van der Waals surface area contributed by atoms with Crippen LogP contribution >= 0.6 is 0 Å². The van der Waals surface area contributed by atoms with Crippen molar-refractivity contribution in [3.63, 3.8) is 0 Å². The minimum Gasteiger partial charge on any atom is -0.497 e. The predicted molar refractivity (Wildman–Crippen MR) is 107 cm³/mol. The number of anilines is 1. The van der Waals surface area contributed by atoms with E-state index in [0.717, 1.165) is 29.5 Å².